The Bertz CT molecular complexity index is 1140. The number of hydrogen-bond donors (Lipinski definition) is 2. The fourth-order valence-corrected chi connectivity index (χ4v) is 4.46. The number of benzene rings is 1. The summed E-state index contributed by atoms with van der Waals surface area (Å²) >= 11 is 1.35. The Kier molecular flexibility index (Phi) is 6.59. The molecule has 0 unspecified atom stereocenters. The maximum Gasteiger partial charge on any atom is 0.322 e. The second kappa shape index (κ2) is 9.74. The number of urea groups is 1. The van der Waals surface area contributed by atoms with Gasteiger partial charge in [0.25, 0.3) is 5.91 Å². The first-order valence-electron chi connectivity index (χ1n) is 10.1. The van der Waals surface area contributed by atoms with Crippen molar-refractivity contribution >= 4 is 34.1 Å². The number of hydrogen-bond acceptors (Lipinski definition) is 8. The molecule has 3 heterocycles. The van der Waals surface area contributed by atoms with Gasteiger partial charge >= 0.3 is 6.03 Å². The topological polar surface area (TPSA) is 115 Å². The predicted octanol–water partition coefficient (Wildman–Crippen LogP) is 3.41. The van der Waals surface area contributed by atoms with Crippen LogP contribution in [0.2, 0.25) is 0 Å². The Labute approximate surface area is 194 Å². The second-order valence-electron chi connectivity index (χ2n) is 7.07. The van der Waals surface area contributed by atoms with Gasteiger partial charge < -0.3 is 24.4 Å². The van der Waals surface area contributed by atoms with Gasteiger partial charge in [-0.15, -0.1) is 0 Å². The third-order valence-electron chi connectivity index (χ3n) is 5.05. The summed E-state index contributed by atoms with van der Waals surface area (Å²) in [7, 11) is 4.55. The van der Waals surface area contributed by atoms with E-state index < -0.39 is 0 Å². The largest absolute Gasteiger partial charge is 0.493 e. The molecule has 1 aliphatic heterocycles. The van der Waals surface area contributed by atoms with Crippen molar-refractivity contribution in [3.05, 3.63) is 52.8 Å². The minimum absolute atomic E-state index is 0.262. The standard InChI is InChI=1S/C22H23N5O5S/c1-30-16-10-13(11-17(31-2)19(16)32-3)24-22(29)27-9-7-14-18(12-27)33-21(25-14)26-20(28)15-6-4-5-8-23-15/h4-6,8,10-11H,7,9,12H2,1-3H3,(H,24,29)(H,25,26,28). The van der Waals surface area contributed by atoms with Gasteiger partial charge in [0, 0.05) is 36.2 Å². The number of nitrogens with one attached hydrogen (secondary N) is 2. The van der Waals surface area contributed by atoms with Crippen LogP contribution in [0.4, 0.5) is 15.6 Å². The number of methoxy groups -OCH3 is 3. The van der Waals surface area contributed by atoms with Gasteiger partial charge in [-0.05, 0) is 12.1 Å². The van der Waals surface area contributed by atoms with Gasteiger partial charge in [0.05, 0.1) is 39.3 Å². The Morgan fingerprint density at radius 3 is 2.45 bits per heavy atom. The number of thiazole rings is 1. The number of carbonyl (C=O) groups excluding carboxylic acids is 2. The maximum atomic E-state index is 12.9. The van der Waals surface area contributed by atoms with Gasteiger partial charge in [-0.2, -0.15) is 0 Å². The van der Waals surface area contributed by atoms with E-state index in [0.717, 1.165) is 10.6 Å². The summed E-state index contributed by atoms with van der Waals surface area (Å²) in [6.45, 7) is 0.892. The van der Waals surface area contributed by atoms with Crippen molar-refractivity contribution in [2.24, 2.45) is 0 Å². The zero-order valence-corrected chi connectivity index (χ0v) is 19.2. The monoisotopic (exact) mass is 469 g/mol. The molecule has 0 aliphatic carbocycles. The molecule has 2 N–H and O–H groups in total. The number of pyridine rings is 1. The second-order valence-corrected chi connectivity index (χ2v) is 8.16. The molecule has 0 saturated carbocycles. The van der Waals surface area contributed by atoms with Gasteiger partial charge in [-0.3, -0.25) is 15.1 Å². The van der Waals surface area contributed by atoms with E-state index in [1.165, 1.54) is 32.7 Å². The van der Waals surface area contributed by atoms with E-state index in [9.17, 15) is 9.59 Å². The van der Waals surface area contributed by atoms with Crippen LogP contribution in [0.5, 0.6) is 17.2 Å². The molecule has 10 nitrogen and oxygen atoms in total. The van der Waals surface area contributed by atoms with Gasteiger partial charge in [-0.1, -0.05) is 17.4 Å². The summed E-state index contributed by atoms with van der Waals surface area (Å²) in [5, 5.41) is 6.15. The Balaban J connectivity index is 1.44. The van der Waals surface area contributed by atoms with Crippen LogP contribution < -0.4 is 24.8 Å². The van der Waals surface area contributed by atoms with E-state index in [0.29, 0.717) is 53.3 Å². The van der Waals surface area contributed by atoms with Crippen molar-refractivity contribution in [3.63, 3.8) is 0 Å². The minimum atomic E-state index is -0.321. The van der Waals surface area contributed by atoms with E-state index in [1.807, 2.05) is 0 Å². The summed E-state index contributed by atoms with van der Waals surface area (Å²) in [5.74, 6) is 1.02. The molecule has 0 bridgehead atoms. The van der Waals surface area contributed by atoms with E-state index in [4.69, 9.17) is 14.2 Å². The zero-order chi connectivity index (χ0) is 23.4. The van der Waals surface area contributed by atoms with Crippen LogP contribution in [0.1, 0.15) is 21.1 Å². The van der Waals surface area contributed by atoms with Crippen molar-refractivity contribution in [1.29, 1.82) is 0 Å². The van der Waals surface area contributed by atoms with Gasteiger partial charge in [0.15, 0.2) is 16.6 Å². The molecule has 0 spiro atoms. The molecule has 1 aromatic carbocycles. The first-order chi connectivity index (χ1) is 16.0. The Hall–Kier alpha value is -3.86. The number of ether oxygens (including phenoxy) is 3. The zero-order valence-electron chi connectivity index (χ0n) is 18.4. The lowest BCUT2D eigenvalue weighted by Crippen LogP contribution is -2.38. The first kappa shape index (κ1) is 22.3. The van der Waals surface area contributed by atoms with E-state index in [1.54, 1.807) is 41.4 Å². The van der Waals surface area contributed by atoms with Crippen LogP contribution in [-0.2, 0) is 13.0 Å². The predicted molar refractivity (Wildman–Crippen MR) is 124 cm³/mol. The fraction of sp³-hybridized carbons (Fsp3) is 0.273. The number of nitrogens with zero attached hydrogens (tertiary/aromatic N) is 3. The average molecular weight is 470 g/mol. The smallest absolute Gasteiger partial charge is 0.322 e. The number of amides is 3. The highest BCUT2D eigenvalue weighted by Gasteiger charge is 2.25. The molecule has 1 aliphatic rings. The molecule has 33 heavy (non-hydrogen) atoms. The highest BCUT2D eigenvalue weighted by Crippen LogP contribution is 2.40. The van der Waals surface area contributed by atoms with Crippen LogP contribution >= 0.6 is 11.3 Å². The number of rotatable bonds is 6. The molecule has 0 radical (unpaired) electrons. The number of fused-ring (bicyclic) bond motifs is 1. The molecule has 0 atom stereocenters. The van der Waals surface area contributed by atoms with Crippen LogP contribution in [0, 0.1) is 0 Å². The summed E-state index contributed by atoms with van der Waals surface area (Å²) in [5.41, 5.74) is 1.72. The van der Waals surface area contributed by atoms with E-state index >= 15 is 0 Å². The summed E-state index contributed by atoms with van der Waals surface area (Å²) < 4.78 is 16.0. The third-order valence-corrected chi connectivity index (χ3v) is 6.05. The first-order valence-corrected chi connectivity index (χ1v) is 10.9. The molecule has 172 valence electrons. The van der Waals surface area contributed by atoms with Gasteiger partial charge in [0.1, 0.15) is 5.69 Å². The van der Waals surface area contributed by atoms with Crippen molar-refractivity contribution in [2.75, 3.05) is 38.5 Å². The number of carbonyl (C=O) groups is 2. The molecule has 4 rings (SSSR count). The number of aromatic nitrogens is 2. The molecular formula is C22H23N5O5S. The van der Waals surface area contributed by atoms with E-state index in [2.05, 4.69) is 20.6 Å². The lowest BCUT2D eigenvalue weighted by molar-refractivity contribution is 0.102. The normalized spacial score (nSPS) is 12.5. The highest BCUT2D eigenvalue weighted by molar-refractivity contribution is 7.15. The summed E-state index contributed by atoms with van der Waals surface area (Å²) in [4.78, 5) is 36.4. The molecule has 0 saturated heterocycles. The van der Waals surface area contributed by atoms with Crippen LogP contribution in [0.15, 0.2) is 36.5 Å². The average Bonchev–Trinajstić information content (AvgIpc) is 3.25. The molecule has 3 aromatic rings. The van der Waals surface area contributed by atoms with Gasteiger partial charge in [-0.25, -0.2) is 9.78 Å². The Morgan fingerprint density at radius 2 is 1.82 bits per heavy atom. The number of anilines is 2. The molecule has 0 fully saturated rings. The van der Waals surface area contributed by atoms with Crippen LogP contribution in [-0.4, -0.2) is 54.7 Å². The van der Waals surface area contributed by atoms with Crippen molar-refractivity contribution < 1.29 is 23.8 Å². The van der Waals surface area contributed by atoms with Crippen molar-refractivity contribution in [1.82, 2.24) is 14.9 Å². The van der Waals surface area contributed by atoms with E-state index in [-0.39, 0.29) is 11.9 Å². The lowest BCUT2D eigenvalue weighted by atomic mass is 10.2. The SMILES string of the molecule is COc1cc(NC(=O)N2CCc3nc(NC(=O)c4ccccn4)sc3C2)cc(OC)c1OC. The fourth-order valence-electron chi connectivity index (χ4n) is 3.44. The van der Waals surface area contributed by atoms with Crippen LogP contribution in [0.25, 0.3) is 0 Å². The molecule has 3 amide bonds. The molecule has 11 heteroatoms. The van der Waals surface area contributed by atoms with Gasteiger partial charge in [0.2, 0.25) is 5.75 Å². The minimum Gasteiger partial charge on any atom is -0.493 e. The molecule has 2 aromatic heterocycles. The summed E-state index contributed by atoms with van der Waals surface area (Å²) in [6, 6.07) is 8.22. The third kappa shape index (κ3) is 4.82. The van der Waals surface area contributed by atoms with Crippen LogP contribution in [0.3, 0.4) is 0 Å². The summed E-state index contributed by atoms with van der Waals surface area (Å²) in [6.07, 6.45) is 2.15. The van der Waals surface area contributed by atoms with Crippen molar-refractivity contribution in [3.8, 4) is 17.2 Å². The highest BCUT2D eigenvalue weighted by atomic mass is 32.1. The maximum absolute atomic E-state index is 12.9. The van der Waals surface area contributed by atoms with Crippen molar-refractivity contribution in [2.45, 2.75) is 13.0 Å². The Morgan fingerprint density at radius 1 is 1.06 bits per heavy atom. The lowest BCUT2D eigenvalue weighted by Gasteiger charge is -2.26. The molecular weight excluding hydrogens is 446 g/mol. The quantitative estimate of drug-likeness (QED) is 0.568.